The summed E-state index contributed by atoms with van der Waals surface area (Å²) in [6, 6.07) is 0.224. The van der Waals surface area contributed by atoms with Crippen LogP contribution in [0.2, 0.25) is 0 Å². The largest absolute Gasteiger partial charge is 0.352 e. The fourth-order valence-electron chi connectivity index (χ4n) is 2.62. The summed E-state index contributed by atoms with van der Waals surface area (Å²) < 4.78 is 0. The zero-order valence-corrected chi connectivity index (χ0v) is 12.9. The molecule has 1 saturated carbocycles. The first kappa shape index (κ1) is 15.3. The lowest BCUT2D eigenvalue weighted by Crippen LogP contribution is -2.55. The lowest BCUT2D eigenvalue weighted by atomic mass is 9.99. The number of likely N-dealkylation sites (tertiary alicyclic amines) is 1. The van der Waals surface area contributed by atoms with Crippen molar-refractivity contribution in [3.8, 4) is 0 Å². The Balaban J connectivity index is 1.90. The first-order valence-electron chi connectivity index (χ1n) is 7.70. The number of hydrogen-bond donors (Lipinski definition) is 2. The molecule has 1 heterocycles. The van der Waals surface area contributed by atoms with Crippen LogP contribution >= 0.6 is 0 Å². The summed E-state index contributed by atoms with van der Waals surface area (Å²) in [4.78, 5) is 26.3. The molecule has 0 aromatic heterocycles. The topological polar surface area (TPSA) is 61.4 Å². The molecule has 1 aliphatic carbocycles. The van der Waals surface area contributed by atoms with E-state index in [0.29, 0.717) is 12.6 Å². The molecule has 114 valence electrons. The summed E-state index contributed by atoms with van der Waals surface area (Å²) in [6.07, 6.45) is 5.16. The molecule has 2 fully saturated rings. The Labute approximate surface area is 121 Å². The molecule has 5 heteroatoms. The number of nitrogens with zero attached hydrogens (tertiary/aromatic N) is 1. The third-order valence-corrected chi connectivity index (χ3v) is 3.70. The van der Waals surface area contributed by atoms with Crippen molar-refractivity contribution in [1.82, 2.24) is 15.5 Å². The summed E-state index contributed by atoms with van der Waals surface area (Å²) >= 11 is 0. The molecule has 0 bridgehead atoms. The monoisotopic (exact) mass is 281 g/mol. The van der Waals surface area contributed by atoms with E-state index in [1.54, 1.807) is 0 Å². The van der Waals surface area contributed by atoms with Crippen molar-refractivity contribution in [2.45, 2.75) is 70.5 Å². The Hall–Kier alpha value is -1.10. The highest BCUT2D eigenvalue weighted by Crippen LogP contribution is 2.20. The lowest BCUT2D eigenvalue weighted by Gasteiger charge is -2.35. The van der Waals surface area contributed by atoms with Gasteiger partial charge in [-0.2, -0.15) is 0 Å². The van der Waals surface area contributed by atoms with E-state index in [-0.39, 0.29) is 23.4 Å². The van der Waals surface area contributed by atoms with Crippen molar-refractivity contribution < 1.29 is 9.59 Å². The zero-order chi connectivity index (χ0) is 14.8. The quantitative estimate of drug-likeness (QED) is 0.809. The molecule has 0 radical (unpaired) electrons. The van der Waals surface area contributed by atoms with Gasteiger partial charge in [-0.1, -0.05) is 6.42 Å². The van der Waals surface area contributed by atoms with Crippen LogP contribution in [0.3, 0.4) is 0 Å². The van der Waals surface area contributed by atoms with Gasteiger partial charge in [0.2, 0.25) is 11.8 Å². The Kier molecular flexibility index (Phi) is 4.68. The molecule has 2 aliphatic rings. The summed E-state index contributed by atoms with van der Waals surface area (Å²) in [7, 11) is 0. The Bertz CT molecular complexity index is 372. The molecule has 2 amide bonds. The van der Waals surface area contributed by atoms with Gasteiger partial charge in [0, 0.05) is 11.6 Å². The van der Waals surface area contributed by atoms with Crippen molar-refractivity contribution >= 4 is 11.8 Å². The van der Waals surface area contributed by atoms with Crippen LogP contribution in [0.15, 0.2) is 0 Å². The normalized spacial score (nSPS) is 24.2. The highest BCUT2D eigenvalue weighted by molar-refractivity contribution is 5.84. The van der Waals surface area contributed by atoms with Gasteiger partial charge in [-0.05, 0) is 53.0 Å². The maximum Gasteiger partial charge on any atom is 0.237 e. The van der Waals surface area contributed by atoms with Crippen LogP contribution in [0, 0.1) is 0 Å². The van der Waals surface area contributed by atoms with E-state index in [4.69, 9.17) is 0 Å². The highest BCUT2D eigenvalue weighted by Gasteiger charge is 2.32. The third kappa shape index (κ3) is 4.78. The van der Waals surface area contributed by atoms with Crippen LogP contribution in [0.5, 0.6) is 0 Å². The Morgan fingerprint density at radius 1 is 1.15 bits per heavy atom. The highest BCUT2D eigenvalue weighted by atomic mass is 16.2. The van der Waals surface area contributed by atoms with Gasteiger partial charge in [0.25, 0.3) is 0 Å². The van der Waals surface area contributed by atoms with E-state index in [9.17, 15) is 9.59 Å². The minimum atomic E-state index is -0.226. The van der Waals surface area contributed by atoms with Gasteiger partial charge in [-0.25, -0.2) is 0 Å². The van der Waals surface area contributed by atoms with Crippen LogP contribution < -0.4 is 10.6 Å². The number of carbonyl (C=O) groups is 2. The van der Waals surface area contributed by atoms with Gasteiger partial charge in [0.1, 0.15) is 0 Å². The maximum absolute atomic E-state index is 12.4. The summed E-state index contributed by atoms with van der Waals surface area (Å²) in [6.45, 7) is 7.13. The molecule has 1 aliphatic heterocycles. The Morgan fingerprint density at radius 2 is 1.85 bits per heavy atom. The standard InChI is InChI=1S/C15H27N3O2/c1-15(2,3)17-14(20)12-6-4-5-9-18(12)10-13(19)16-11-7-8-11/h11-12H,4-10H2,1-3H3,(H,16,19)(H,17,20). The smallest absolute Gasteiger partial charge is 0.237 e. The fourth-order valence-corrected chi connectivity index (χ4v) is 2.62. The second kappa shape index (κ2) is 6.12. The number of hydrogen-bond acceptors (Lipinski definition) is 3. The molecule has 1 atom stereocenters. The summed E-state index contributed by atoms with van der Waals surface area (Å²) in [5.41, 5.74) is -0.226. The van der Waals surface area contributed by atoms with Crippen molar-refractivity contribution in [3.05, 3.63) is 0 Å². The van der Waals surface area contributed by atoms with E-state index in [0.717, 1.165) is 38.6 Å². The first-order chi connectivity index (χ1) is 9.35. The predicted molar refractivity (Wildman–Crippen MR) is 78.3 cm³/mol. The number of rotatable bonds is 4. The SMILES string of the molecule is CC(C)(C)NC(=O)C1CCCCN1CC(=O)NC1CC1. The summed E-state index contributed by atoms with van der Waals surface area (Å²) in [5, 5.41) is 6.03. The van der Waals surface area contributed by atoms with Gasteiger partial charge in [0.05, 0.1) is 12.6 Å². The molecule has 20 heavy (non-hydrogen) atoms. The van der Waals surface area contributed by atoms with Gasteiger partial charge in [-0.15, -0.1) is 0 Å². The van der Waals surface area contributed by atoms with Gasteiger partial charge in [-0.3, -0.25) is 14.5 Å². The predicted octanol–water partition coefficient (Wildman–Crippen LogP) is 1.03. The molecule has 2 N–H and O–H groups in total. The second-order valence-corrected chi connectivity index (χ2v) is 7.06. The average Bonchev–Trinajstić information content (AvgIpc) is 3.11. The third-order valence-electron chi connectivity index (χ3n) is 3.70. The second-order valence-electron chi connectivity index (χ2n) is 7.06. The molecular weight excluding hydrogens is 254 g/mol. The van der Waals surface area contributed by atoms with Crippen LogP contribution in [-0.4, -0.2) is 47.4 Å². The van der Waals surface area contributed by atoms with Crippen molar-refractivity contribution in [1.29, 1.82) is 0 Å². The van der Waals surface area contributed by atoms with Crippen LogP contribution in [0.25, 0.3) is 0 Å². The van der Waals surface area contributed by atoms with E-state index in [1.165, 1.54) is 0 Å². The molecule has 0 aromatic carbocycles. The average molecular weight is 281 g/mol. The molecular formula is C15H27N3O2. The van der Waals surface area contributed by atoms with Gasteiger partial charge in [0.15, 0.2) is 0 Å². The van der Waals surface area contributed by atoms with E-state index < -0.39 is 0 Å². The maximum atomic E-state index is 12.4. The number of carbonyl (C=O) groups excluding carboxylic acids is 2. The number of nitrogens with one attached hydrogen (secondary N) is 2. The minimum absolute atomic E-state index is 0.0522. The molecule has 0 spiro atoms. The number of amides is 2. The van der Waals surface area contributed by atoms with Crippen LogP contribution in [-0.2, 0) is 9.59 Å². The van der Waals surface area contributed by atoms with Crippen LogP contribution in [0.4, 0.5) is 0 Å². The van der Waals surface area contributed by atoms with Gasteiger partial charge >= 0.3 is 0 Å². The zero-order valence-electron chi connectivity index (χ0n) is 12.9. The number of piperidine rings is 1. The first-order valence-corrected chi connectivity index (χ1v) is 7.70. The minimum Gasteiger partial charge on any atom is -0.352 e. The lowest BCUT2D eigenvalue weighted by molar-refractivity contribution is -0.131. The molecule has 0 aromatic rings. The van der Waals surface area contributed by atoms with Crippen molar-refractivity contribution in [3.63, 3.8) is 0 Å². The molecule has 2 rings (SSSR count). The van der Waals surface area contributed by atoms with E-state index in [2.05, 4.69) is 10.6 Å². The molecule has 1 unspecified atom stereocenters. The van der Waals surface area contributed by atoms with Gasteiger partial charge < -0.3 is 10.6 Å². The van der Waals surface area contributed by atoms with Crippen molar-refractivity contribution in [2.24, 2.45) is 0 Å². The Morgan fingerprint density at radius 3 is 2.45 bits per heavy atom. The fraction of sp³-hybridized carbons (Fsp3) is 0.867. The molecule has 5 nitrogen and oxygen atoms in total. The van der Waals surface area contributed by atoms with Crippen molar-refractivity contribution in [2.75, 3.05) is 13.1 Å². The van der Waals surface area contributed by atoms with E-state index >= 15 is 0 Å². The van der Waals surface area contributed by atoms with E-state index in [1.807, 2.05) is 25.7 Å². The molecule has 1 saturated heterocycles. The summed E-state index contributed by atoms with van der Waals surface area (Å²) in [5.74, 6) is 0.111. The van der Waals surface area contributed by atoms with Crippen LogP contribution in [0.1, 0.15) is 52.9 Å².